The molecule has 0 aromatic heterocycles. The number of hydrogen-bond donors (Lipinski definition) is 1. The molecule has 0 amide bonds. The highest BCUT2D eigenvalue weighted by Crippen LogP contribution is 2.33. The minimum Gasteiger partial charge on any atom is -0.489 e. The van der Waals surface area contributed by atoms with Crippen LogP contribution >= 0.6 is 11.6 Å². The Morgan fingerprint density at radius 2 is 2.10 bits per heavy atom. The number of carbonyl (C=O) groups excluding carboxylic acids is 1. The fraction of sp³-hybridized carbons (Fsp3) is 0.133. The smallest absolute Gasteiger partial charge is 0.199 e. The summed E-state index contributed by atoms with van der Waals surface area (Å²) in [5.74, 6) is -0.582. The van der Waals surface area contributed by atoms with Crippen molar-refractivity contribution in [3.63, 3.8) is 0 Å². The fourth-order valence-electron chi connectivity index (χ4n) is 2.17. The van der Waals surface area contributed by atoms with Crippen molar-refractivity contribution >= 4 is 23.1 Å². The Hall–Kier alpha value is -2.07. The number of para-hydroxylation sites is 1. The molecule has 3 nitrogen and oxygen atoms in total. The second kappa shape index (κ2) is 5.13. The lowest BCUT2D eigenvalue weighted by molar-refractivity contribution is 0.103. The summed E-state index contributed by atoms with van der Waals surface area (Å²) >= 11 is 5.70. The van der Waals surface area contributed by atoms with Crippen LogP contribution in [-0.2, 0) is 0 Å². The summed E-state index contributed by atoms with van der Waals surface area (Å²) in [5, 5.41) is 3.40. The Balaban J connectivity index is 2.07. The number of halogens is 2. The largest absolute Gasteiger partial charge is 0.489 e. The van der Waals surface area contributed by atoms with Gasteiger partial charge in [0.05, 0.1) is 16.8 Å². The monoisotopic (exact) mass is 291 g/mol. The van der Waals surface area contributed by atoms with Gasteiger partial charge in [-0.2, -0.15) is 0 Å². The normalized spacial score (nSPS) is 13.1. The second-order valence-electron chi connectivity index (χ2n) is 4.41. The molecular weight excluding hydrogens is 281 g/mol. The molecule has 0 spiro atoms. The summed E-state index contributed by atoms with van der Waals surface area (Å²) in [6, 6.07) is 9.19. The number of hydrogen-bond acceptors (Lipinski definition) is 3. The van der Waals surface area contributed by atoms with Crippen LogP contribution < -0.4 is 10.1 Å². The first-order valence-corrected chi connectivity index (χ1v) is 6.54. The zero-order valence-corrected chi connectivity index (χ0v) is 11.2. The van der Waals surface area contributed by atoms with E-state index in [4.69, 9.17) is 16.3 Å². The van der Waals surface area contributed by atoms with E-state index < -0.39 is 11.6 Å². The number of rotatable bonds is 2. The number of ketones is 1. The predicted octanol–water partition coefficient (Wildman–Crippen LogP) is 3.51. The van der Waals surface area contributed by atoms with E-state index in [9.17, 15) is 9.18 Å². The molecule has 0 aliphatic carbocycles. The Morgan fingerprint density at radius 3 is 2.90 bits per heavy atom. The van der Waals surface area contributed by atoms with Crippen LogP contribution in [0.4, 0.5) is 10.1 Å². The van der Waals surface area contributed by atoms with Gasteiger partial charge in [-0.3, -0.25) is 4.79 Å². The summed E-state index contributed by atoms with van der Waals surface area (Å²) in [7, 11) is 0. The van der Waals surface area contributed by atoms with Gasteiger partial charge in [-0.15, -0.1) is 0 Å². The Bertz CT molecular complexity index is 688. The molecule has 2 aromatic rings. The summed E-state index contributed by atoms with van der Waals surface area (Å²) in [6.45, 7) is 1.15. The van der Waals surface area contributed by atoms with Gasteiger partial charge < -0.3 is 10.1 Å². The molecule has 0 saturated heterocycles. The van der Waals surface area contributed by atoms with Gasteiger partial charge in [-0.05, 0) is 30.3 Å². The number of fused-ring (bicyclic) bond motifs is 1. The van der Waals surface area contributed by atoms with Gasteiger partial charge in [-0.1, -0.05) is 17.7 Å². The average molecular weight is 292 g/mol. The zero-order chi connectivity index (χ0) is 14.1. The van der Waals surface area contributed by atoms with E-state index >= 15 is 0 Å². The first kappa shape index (κ1) is 12.9. The first-order chi connectivity index (χ1) is 9.66. The number of anilines is 1. The topological polar surface area (TPSA) is 38.3 Å². The molecule has 0 atom stereocenters. The molecule has 1 N–H and O–H groups in total. The molecule has 20 heavy (non-hydrogen) atoms. The molecule has 2 aromatic carbocycles. The zero-order valence-electron chi connectivity index (χ0n) is 10.5. The van der Waals surface area contributed by atoms with Crippen LogP contribution in [0.2, 0.25) is 5.02 Å². The van der Waals surface area contributed by atoms with Crippen LogP contribution in [0, 0.1) is 5.82 Å². The van der Waals surface area contributed by atoms with Crippen LogP contribution in [0.5, 0.6) is 5.75 Å². The third-order valence-corrected chi connectivity index (χ3v) is 3.33. The van der Waals surface area contributed by atoms with Crippen molar-refractivity contribution in [2.75, 3.05) is 18.5 Å². The molecule has 0 bridgehead atoms. The molecule has 1 heterocycles. The quantitative estimate of drug-likeness (QED) is 0.861. The minimum atomic E-state index is -0.635. The van der Waals surface area contributed by atoms with Gasteiger partial charge in [0.25, 0.3) is 0 Å². The lowest BCUT2D eigenvalue weighted by Gasteiger charge is -2.21. The minimum absolute atomic E-state index is 0.0167. The average Bonchev–Trinajstić information content (AvgIpc) is 2.46. The van der Waals surface area contributed by atoms with Crippen molar-refractivity contribution < 1.29 is 13.9 Å². The lowest BCUT2D eigenvalue weighted by Crippen LogP contribution is -2.20. The van der Waals surface area contributed by atoms with Crippen molar-refractivity contribution in [1.29, 1.82) is 0 Å². The van der Waals surface area contributed by atoms with E-state index in [1.165, 1.54) is 12.1 Å². The highest BCUT2D eigenvalue weighted by Gasteiger charge is 2.22. The Kier molecular flexibility index (Phi) is 3.32. The van der Waals surface area contributed by atoms with E-state index in [0.717, 1.165) is 11.8 Å². The highest BCUT2D eigenvalue weighted by molar-refractivity contribution is 6.30. The Morgan fingerprint density at radius 1 is 1.25 bits per heavy atom. The van der Waals surface area contributed by atoms with E-state index in [-0.39, 0.29) is 10.6 Å². The van der Waals surface area contributed by atoms with Crippen LogP contribution in [0.15, 0.2) is 36.4 Å². The lowest BCUT2D eigenvalue weighted by atomic mass is 10.0. The standard InChI is InChI=1S/C15H11ClFNO2/c16-9-4-5-10(12(17)8-9)14(19)11-2-1-3-13-15(11)20-7-6-18-13/h1-5,8,18H,6-7H2. The van der Waals surface area contributed by atoms with Gasteiger partial charge in [0.15, 0.2) is 11.5 Å². The fourth-order valence-corrected chi connectivity index (χ4v) is 2.33. The number of nitrogens with one attached hydrogen (secondary N) is 1. The van der Waals surface area contributed by atoms with Gasteiger partial charge >= 0.3 is 0 Å². The molecule has 102 valence electrons. The molecule has 0 unspecified atom stereocenters. The van der Waals surface area contributed by atoms with Crippen LogP contribution in [0.3, 0.4) is 0 Å². The highest BCUT2D eigenvalue weighted by atomic mass is 35.5. The molecule has 1 aliphatic heterocycles. The SMILES string of the molecule is O=C(c1ccc(Cl)cc1F)c1cccc2c1OCCN2. The summed E-state index contributed by atoms with van der Waals surface area (Å²) in [4.78, 5) is 12.5. The van der Waals surface area contributed by atoms with E-state index in [1.54, 1.807) is 12.1 Å². The van der Waals surface area contributed by atoms with Gasteiger partial charge in [0.1, 0.15) is 12.4 Å². The summed E-state index contributed by atoms with van der Waals surface area (Å²) < 4.78 is 19.4. The second-order valence-corrected chi connectivity index (χ2v) is 4.85. The van der Waals surface area contributed by atoms with Crippen molar-refractivity contribution in [3.8, 4) is 5.75 Å². The first-order valence-electron chi connectivity index (χ1n) is 6.16. The van der Waals surface area contributed by atoms with E-state index in [2.05, 4.69) is 5.32 Å². The third kappa shape index (κ3) is 2.23. The summed E-state index contributed by atoms with van der Waals surface area (Å²) in [5.41, 5.74) is 1.07. The molecule has 3 rings (SSSR count). The number of ether oxygens (including phenoxy) is 1. The maximum atomic E-state index is 13.9. The summed E-state index contributed by atoms with van der Waals surface area (Å²) in [6.07, 6.45) is 0. The van der Waals surface area contributed by atoms with Crippen LogP contribution in [-0.4, -0.2) is 18.9 Å². The molecule has 0 fully saturated rings. The predicted molar refractivity (Wildman–Crippen MR) is 75.3 cm³/mol. The van der Waals surface area contributed by atoms with Crippen molar-refractivity contribution in [2.45, 2.75) is 0 Å². The van der Waals surface area contributed by atoms with Crippen LogP contribution in [0.1, 0.15) is 15.9 Å². The molecule has 0 saturated carbocycles. The van der Waals surface area contributed by atoms with Gasteiger partial charge in [-0.25, -0.2) is 4.39 Å². The van der Waals surface area contributed by atoms with Crippen LogP contribution in [0.25, 0.3) is 0 Å². The maximum Gasteiger partial charge on any atom is 0.199 e. The van der Waals surface area contributed by atoms with Crippen molar-refractivity contribution in [1.82, 2.24) is 0 Å². The van der Waals surface area contributed by atoms with Gasteiger partial charge in [0.2, 0.25) is 0 Å². The van der Waals surface area contributed by atoms with E-state index in [0.29, 0.717) is 24.5 Å². The van der Waals surface area contributed by atoms with Crippen molar-refractivity contribution in [3.05, 3.63) is 58.4 Å². The number of carbonyl (C=O) groups is 1. The Labute approximate surface area is 120 Å². The molecule has 0 radical (unpaired) electrons. The van der Waals surface area contributed by atoms with Gasteiger partial charge in [0, 0.05) is 11.6 Å². The molecular formula is C15H11ClFNO2. The third-order valence-electron chi connectivity index (χ3n) is 3.10. The number of benzene rings is 2. The molecule has 5 heteroatoms. The van der Waals surface area contributed by atoms with Crippen molar-refractivity contribution in [2.24, 2.45) is 0 Å². The molecule has 1 aliphatic rings. The maximum absolute atomic E-state index is 13.9. The van der Waals surface area contributed by atoms with E-state index in [1.807, 2.05) is 6.07 Å².